The van der Waals surface area contributed by atoms with Crippen LogP contribution in [0.2, 0.25) is 0 Å². The van der Waals surface area contributed by atoms with Gasteiger partial charge in [-0.25, -0.2) is 0 Å². The average Bonchev–Trinajstić information content (AvgIpc) is 2.30. The first-order valence-corrected chi connectivity index (χ1v) is 6.56. The van der Waals surface area contributed by atoms with Crippen LogP contribution in [0.4, 0.5) is 0 Å². The van der Waals surface area contributed by atoms with Crippen LogP contribution in [-0.4, -0.2) is 30.7 Å². The summed E-state index contributed by atoms with van der Waals surface area (Å²) < 4.78 is 0. The van der Waals surface area contributed by atoms with Gasteiger partial charge in [0.15, 0.2) is 0 Å². The Morgan fingerprint density at radius 1 is 1.31 bits per heavy atom. The maximum atomic E-state index is 11.5. The van der Waals surface area contributed by atoms with Crippen LogP contribution in [0.15, 0.2) is 30.3 Å². The molecule has 0 unspecified atom stereocenters. The van der Waals surface area contributed by atoms with Crippen molar-refractivity contribution in [3.05, 3.63) is 35.9 Å². The molecule has 0 bridgehead atoms. The van der Waals surface area contributed by atoms with E-state index in [-0.39, 0.29) is 5.91 Å². The van der Waals surface area contributed by atoms with Gasteiger partial charge < -0.3 is 4.90 Å². The minimum absolute atomic E-state index is 0.180. The SMILES string of the molecule is CC[C@H](SCC(=O)N(C)C)c1ccccc1. The number of benzene rings is 1. The molecule has 0 fully saturated rings. The van der Waals surface area contributed by atoms with Crippen LogP contribution in [0.25, 0.3) is 0 Å². The number of hydrogen-bond donors (Lipinski definition) is 0. The molecule has 1 amide bonds. The number of carbonyl (C=O) groups is 1. The Morgan fingerprint density at radius 2 is 1.94 bits per heavy atom. The Labute approximate surface area is 102 Å². The summed E-state index contributed by atoms with van der Waals surface area (Å²) in [6.07, 6.45) is 1.05. The van der Waals surface area contributed by atoms with E-state index >= 15 is 0 Å². The summed E-state index contributed by atoms with van der Waals surface area (Å²) in [7, 11) is 3.60. The smallest absolute Gasteiger partial charge is 0.232 e. The van der Waals surface area contributed by atoms with Crippen LogP contribution in [-0.2, 0) is 4.79 Å². The molecule has 1 aromatic carbocycles. The van der Waals surface area contributed by atoms with Crippen LogP contribution in [0.3, 0.4) is 0 Å². The largest absolute Gasteiger partial charge is 0.348 e. The van der Waals surface area contributed by atoms with Crippen molar-refractivity contribution >= 4 is 17.7 Å². The second-order valence-corrected chi connectivity index (χ2v) is 5.10. The zero-order chi connectivity index (χ0) is 12.0. The molecule has 0 aliphatic carbocycles. The summed E-state index contributed by atoms with van der Waals surface area (Å²) in [5.74, 6) is 0.736. The molecule has 3 heteroatoms. The first kappa shape index (κ1) is 13.1. The minimum atomic E-state index is 0.180. The van der Waals surface area contributed by atoms with Gasteiger partial charge in [0.2, 0.25) is 5.91 Å². The Bertz CT molecular complexity index is 324. The van der Waals surface area contributed by atoms with E-state index in [1.54, 1.807) is 30.8 Å². The molecule has 0 aliphatic rings. The van der Waals surface area contributed by atoms with Crippen molar-refractivity contribution in [2.75, 3.05) is 19.8 Å². The molecule has 16 heavy (non-hydrogen) atoms. The van der Waals surface area contributed by atoms with Gasteiger partial charge in [0.1, 0.15) is 0 Å². The third kappa shape index (κ3) is 3.89. The standard InChI is InChI=1S/C13H19NOS/c1-4-12(11-8-6-5-7-9-11)16-10-13(15)14(2)3/h5-9,12H,4,10H2,1-3H3/t12-/m0/s1. The van der Waals surface area contributed by atoms with E-state index in [2.05, 4.69) is 19.1 Å². The maximum Gasteiger partial charge on any atom is 0.232 e. The lowest BCUT2D eigenvalue weighted by Crippen LogP contribution is -2.23. The molecule has 0 saturated carbocycles. The molecule has 0 saturated heterocycles. The zero-order valence-corrected chi connectivity index (χ0v) is 11.0. The lowest BCUT2D eigenvalue weighted by Gasteiger charge is -2.16. The number of carbonyl (C=O) groups excluding carboxylic acids is 1. The van der Waals surface area contributed by atoms with E-state index < -0.39 is 0 Å². The van der Waals surface area contributed by atoms with E-state index in [0.29, 0.717) is 11.0 Å². The second kappa shape index (κ2) is 6.59. The molecule has 0 spiro atoms. The lowest BCUT2D eigenvalue weighted by atomic mass is 10.1. The van der Waals surface area contributed by atoms with Crippen LogP contribution in [0.5, 0.6) is 0 Å². The molecule has 0 heterocycles. The van der Waals surface area contributed by atoms with Gasteiger partial charge in [-0.2, -0.15) is 0 Å². The Balaban J connectivity index is 2.54. The van der Waals surface area contributed by atoms with E-state index in [1.807, 2.05) is 18.2 Å². The number of rotatable bonds is 5. The summed E-state index contributed by atoms with van der Waals surface area (Å²) in [5.41, 5.74) is 1.31. The molecule has 0 radical (unpaired) electrons. The van der Waals surface area contributed by atoms with Crippen molar-refractivity contribution in [1.82, 2.24) is 4.90 Å². The highest BCUT2D eigenvalue weighted by molar-refractivity contribution is 8.00. The van der Waals surface area contributed by atoms with Gasteiger partial charge in [-0.3, -0.25) is 4.79 Å². The van der Waals surface area contributed by atoms with Gasteiger partial charge in [-0.15, -0.1) is 11.8 Å². The molecule has 1 rings (SSSR count). The van der Waals surface area contributed by atoms with Gasteiger partial charge in [-0.1, -0.05) is 37.3 Å². The lowest BCUT2D eigenvalue weighted by molar-refractivity contribution is -0.125. The summed E-state index contributed by atoms with van der Waals surface area (Å²) >= 11 is 1.72. The second-order valence-electron chi connectivity index (χ2n) is 3.91. The molecule has 1 aromatic rings. The summed E-state index contributed by atoms with van der Waals surface area (Å²) in [4.78, 5) is 13.1. The van der Waals surface area contributed by atoms with E-state index in [1.165, 1.54) is 5.56 Å². The van der Waals surface area contributed by atoms with Crippen LogP contribution >= 0.6 is 11.8 Å². The predicted molar refractivity (Wildman–Crippen MR) is 70.6 cm³/mol. The molecule has 0 N–H and O–H groups in total. The molecule has 0 aliphatic heterocycles. The quantitative estimate of drug-likeness (QED) is 0.784. The fourth-order valence-electron chi connectivity index (χ4n) is 1.42. The highest BCUT2D eigenvalue weighted by atomic mass is 32.2. The topological polar surface area (TPSA) is 20.3 Å². The van der Waals surface area contributed by atoms with Gasteiger partial charge in [0.25, 0.3) is 0 Å². The summed E-state index contributed by atoms with van der Waals surface area (Å²) in [6.45, 7) is 2.16. The van der Waals surface area contributed by atoms with Crippen molar-refractivity contribution in [3.63, 3.8) is 0 Å². The average molecular weight is 237 g/mol. The first-order valence-electron chi connectivity index (χ1n) is 5.51. The Morgan fingerprint density at radius 3 is 2.44 bits per heavy atom. The molecule has 2 nitrogen and oxygen atoms in total. The highest BCUT2D eigenvalue weighted by Crippen LogP contribution is 2.31. The minimum Gasteiger partial charge on any atom is -0.348 e. The number of amides is 1. The fourth-order valence-corrected chi connectivity index (χ4v) is 2.61. The van der Waals surface area contributed by atoms with Gasteiger partial charge in [0.05, 0.1) is 5.75 Å². The van der Waals surface area contributed by atoms with Gasteiger partial charge in [0, 0.05) is 19.3 Å². The third-order valence-electron chi connectivity index (χ3n) is 2.45. The highest BCUT2D eigenvalue weighted by Gasteiger charge is 2.12. The number of hydrogen-bond acceptors (Lipinski definition) is 2. The van der Waals surface area contributed by atoms with E-state index in [0.717, 1.165) is 6.42 Å². The maximum absolute atomic E-state index is 11.5. The van der Waals surface area contributed by atoms with Crippen molar-refractivity contribution in [2.45, 2.75) is 18.6 Å². The van der Waals surface area contributed by atoms with E-state index in [4.69, 9.17) is 0 Å². The Hall–Kier alpha value is -0.960. The molecule has 0 aromatic heterocycles. The van der Waals surface area contributed by atoms with Crippen LogP contribution in [0.1, 0.15) is 24.2 Å². The predicted octanol–water partition coefficient (Wildman–Crippen LogP) is 2.96. The van der Waals surface area contributed by atoms with Crippen molar-refractivity contribution in [1.29, 1.82) is 0 Å². The monoisotopic (exact) mass is 237 g/mol. The van der Waals surface area contributed by atoms with Crippen molar-refractivity contribution in [2.24, 2.45) is 0 Å². The zero-order valence-electron chi connectivity index (χ0n) is 10.1. The normalized spacial score (nSPS) is 12.2. The van der Waals surface area contributed by atoms with Crippen molar-refractivity contribution < 1.29 is 4.79 Å². The summed E-state index contributed by atoms with van der Waals surface area (Å²) in [5, 5.41) is 0.421. The number of nitrogens with zero attached hydrogens (tertiary/aromatic N) is 1. The fraction of sp³-hybridized carbons (Fsp3) is 0.462. The Kier molecular flexibility index (Phi) is 5.39. The van der Waals surface area contributed by atoms with Crippen LogP contribution in [0, 0.1) is 0 Å². The van der Waals surface area contributed by atoms with E-state index in [9.17, 15) is 4.79 Å². The first-order chi connectivity index (χ1) is 7.65. The molecular formula is C13H19NOS. The molecule has 1 atom stereocenters. The van der Waals surface area contributed by atoms with Gasteiger partial charge in [-0.05, 0) is 12.0 Å². The van der Waals surface area contributed by atoms with Crippen molar-refractivity contribution in [3.8, 4) is 0 Å². The van der Waals surface area contributed by atoms with Crippen LogP contribution < -0.4 is 0 Å². The number of thioether (sulfide) groups is 1. The van der Waals surface area contributed by atoms with Gasteiger partial charge >= 0.3 is 0 Å². The third-order valence-corrected chi connectivity index (χ3v) is 3.87. The molecular weight excluding hydrogens is 218 g/mol. The summed E-state index contributed by atoms with van der Waals surface area (Å²) in [6, 6.07) is 10.4. The molecule has 88 valence electrons.